The number of benzene rings is 2. The van der Waals surface area contributed by atoms with Gasteiger partial charge in [-0.15, -0.1) is 0 Å². The van der Waals surface area contributed by atoms with Crippen LogP contribution in [-0.2, 0) is 16.1 Å². The van der Waals surface area contributed by atoms with E-state index in [1.54, 1.807) is 24.3 Å². The standard InChI is InChI=1S/C28H28FN5O6/c29-24-16-21(33-19-23(40-28(33)36)17-30-26(35)10-6-20-4-2-1-3-5-20)7-9-25(24)32-14-12-31(13-15-32)18-22-8-11-27(39-22)34(37)38/h1-11,16,23H,12-15,17-19H2,(H,30,35)/b10-6+/t23-/m0/s1. The van der Waals surface area contributed by atoms with Gasteiger partial charge in [0, 0.05) is 32.3 Å². The summed E-state index contributed by atoms with van der Waals surface area (Å²) < 4.78 is 25.7. The number of halogens is 1. The van der Waals surface area contributed by atoms with E-state index in [0.29, 0.717) is 49.9 Å². The molecule has 5 rings (SSSR count). The number of cyclic esters (lactones) is 1. The molecule has 2 aromatic carbocycles. The maximum Gasteiger partial charge on any atom is 0.433 e. The number of furan rings is 1. The van der Waals surface area contributed by atoms with Gasteiger partial charge in [0.05, 0.1) is 37.1 Å². The van der Waals surface area contributed by atoms with E-state index in [-0.39, 0.29) is 24.9 Å². The van der Waals surface area contributed by atoms with Crippen molar-refractivity contribution < 1.29 is 28.1 Å². The highest BCUT2D eigenvalue weighted by Crippen LogP contribution is 2.29. The number of rotatable bonds is 9. The highest BCUT2D eigenvalue weighted by molar-refractivity contribution is 5.92. The Morgan fingerprint density at radius 2 is 1.88 bits per heavy atom. The molecule has 2 fully saturated rings. The lowest BCUT2D eigenvalue weighted by Crippen LogP contribution is -2.46. The van der Waals surface area contributed by atoms with Crippen LogP contribution in [0.25, 0.3) is 6.08 Å². The summed E-state index contributed by atoms with van der Waals surface area (Å²) in [6, 6.07) is 17.0. The third-order valence-electron chi connectivity index (χ3n) is 6.77. The lowest BCUT2D eigenvalue weighted by Gasteiger charge is -2.36. The molecule has 208 valence electrons. The molecular formula is C28H28FN5O6. The van der Waals surface area contributed by atoms with Crippen molar-refractivity contribution >= 4 is 35.3 Å². The van der Waals surface area contributed by atoms with E-state index < -0.39 is 22.9 Å². The van der Waals surface area contributed by atoms with Crippen molar-refractivity contribution in [3.8, 4) is 0 Å². The second-order valence-corrected chi connectivity index (χ2v) is 9.50. The molecule has 1 atom stereocenters. The van der Waals surface area contributed by atoms with E-state index in [1.807, 2.05) is 35.2 Å². The number of anilines is 2. The second kappa shape index (κ2) is 12.0. The van der Waals surface area contributed by atoms with Crippen LogP contribution >= 0.6 is 0 Å². The van der Waals surface area contributed by atoms with Crippen molar-refractivity contribution in [2.45, 2.75) is 12.6 Å². The number of nitro groups is 1. The fourth-order valence-corrected chi connectivity index (χ4v) is 4.69. The number of piperazine rings is 1. The Balaban J connectivity index is 1.11. The van der Waals surface area contributed by atoms with Crippen LogP contribution in [0.3, 0.4) is 0 Å². The average Bonchev–Trinajstić information content (AvgIpc) is 3.58. The van der Waals surface area contributed by atoms with Crippen molar-refractivity contribution in [1.29, 1.82) is 0 Å². The third-order valence-corrected chi connectivity index (χ3v) is 6.77. The van der Waals surface area contributed by atoms with E-state index >= 15 is 4.39 Å². The van der Waals surface area contributed by atoms with Gasteiger partial charge < -0.3 is 19.4 Å². The summed E-state index contributed by atoms with van der Waals surface area (Å²) in [6.07, 6.45) is 1.95. The van der Waals surface area contributed by atoms with Gasteiger partial charge in [-0.25, -0.2) is 9.18 Å². The molecule has 2 aliphatic heterocycles. The van der Waals surface area contributed by atoms with Gasteiger partial charge in [0.1, 0.15) is 22.6 Å². The van der Waals surface area contributed by atoms with Gasteiger partial charge in [0.25, 0.3) is 0 Å². The Kier molecular flexibility index (Phi) is 8.06. The SMILES string of the molecule is O=C(/C=C/c1ccccc1)NC[C@H]1CN(c2ccc(N3CCN(Cc4ccc([N+](=O)[O-])o4)CC3)c(F)c2)C(=O)O1. The van der Waals surface area contributed by atoms with E-state index in [9.17, 15) is 19.7 Å². The number of carbonyl (C=O) groups excluding carboxylic acids is 2. The van der Waals surface area contributed by atoms with Gasteiger partial charge in [0.15, 0.2) is 0 Å². The van der Waals surface area contributed by atoms with Crippen molar-refractivity contribution in [3.63, 3.8) is 0 Å². The summed E-state index contributed by atoms with van der Waals surface area (Å²) in [4.78, 5) is 40.2. The average molecular weight is 550 g/mol. The largest absolute Gasteiger partial charge is 0.442 e. The molecule has 1 aromatic heterocycles. The van der Waals surface area contributed by atoms with Crippen LogP contribution in [0.4, 0.5) is 26.4 Å². The minimum atomic E-state index is -0.599. The molecule has 0 unspecified atom stereocenters. The van der Waals surface area contributed by atoms with Gasteiger partial charge in [-0.2, -0.15) is 0 Å². The van der Waals surface area contributed by atoms with Crippen LogP contribution in [0, 0.1) is 15.9 Å². The predicted molar refractivity (Wildman–Crippen MR) is 145 cm³/mol. The predicted octanol–water partition coefficient (Wildman–Crippen LogP) is 3.80. The first-order chi connectivity index (χ1) is 19.4. The second-order valence-electron chi connectivity index (χ2n) is 9.50. The zero-order chi connectivity index (χ0) is 28.1. The quantitative estimate of drug-likeness (QED) is 0.243. The van der Waals surface area contributed by atoms with Crippen molar-refractivity contribution in [1.82, 2.24) is 10.2 Å². The molecule has 0 aliphatic carbocycles. The lowest BCUT2D eigenvalue weighted by molar-refractivity contribution is -0.402. The molecule has 0 spiro atoms. The molecule has 3 aromatic rings. The van der Waals surface area contributed by atoms with Gasteiger partial charge in [-0.3, -0.25) is 24.7 Å². The van der Waals surface area contributed by atoms with Crippen molar-refractivity contribution in [2.75, 3.05) is 49.1 Å². The number of hydrogen-bond acceptors (Lipinski definition) is 8. The summed E-state index contributed by atoms with van der Waals surface area (Å²) in [5, 5.41) is 13.5. The Labute approximate surface area is 229 Å². The number of amides is 2. The lowest BCUT2D eigenvalue weighted by atomic mass is 10.2. The number of nitrogens with one attached hydrogen (secondary N) is 1. The maximum absolute atomic E-state index is 15.1. The molecule has 0 radical (unpaired) electrons. The summed E-state index contributed by atoms with van der Waals surface area (Å²) in [7, 11) is 0. The first-order valence-corrected chi connectivity index (χ1v) is 12.8. The topological polar surface area (TPSA) is 121 Å². The molecule has 11 nitrogen and oxygen atoms in total. The molecule has 0 bridgehead atoms. The minimum Gasteiger partial charge on any atom is -0.442 e. The molecule has 2 aliphatic rings. The van der Waals surface area contributed by atoms with Crippen LogP contribution < -0.4 is 15.1 Å². The molecule has 12 heteroatoms. The van der Waals surface area contributed by atoms with E-state index in [1.165, 1.54) is 23.1 Å². The van der Waals surface area contributed by atoms with Gasteiger partial charge >= 0.3 is 12.0 Å². The number of ether oxygens (including phenoxy) is 1. The summed E-state index contributed by atoms with van der Waals surface area (Å²) in [5.41, 5.74) is 1.70. The van der Waals surface area contributed by atoms with E-state index in [4.69, 9.17) is 9.15 Å². The van der Waals surface area contributed by atoms with E-state index in [2.05, 4.69) is 10.2 Å². The van der Waals surface area contributed by atoms with Crippen LogP contribution in [0.5, 0.6) is 0 Å². The molecule has 1 N–H and O–H groups in total. The first-order valence-electron chi connectivity index (χ1n) is 12.8. The molecule has 40 heavy (non-hydrogen) atoms. The molecule has 2 saturated heterocycles. The van der Waals surface area contributed by atoms with Crippen LogP contribution in [0.2, 0.25) is 0 Å². The van der Waals surface area contributed by atoms with Crippen molar-refractivity contribution in [3.05, 3.63) is 94.0 Å². The summed E-state index contributed by atoms with van der Waals surface area (Å²) in [5.74, 6) is -0.540. The van der Waals surface area contributed by atoms with Crippen LogP contribution in [0.15, 0.2) is 71.2 Å². The van der Waals surface area contributed by atoms with Gasteiger partial charge in [-0.1, -0.05) is 30.3 Å². The highest BCUT2D eigenvalue weighted by Gasteiger charge is 2.33. The number of hydrogen-bond donors (Lipinski definition) is 1. The summed E-state index contributed by atoms with van der Waals surface area (Å²) >= 11 is 0. The Hall–Kier alpha value is -4.71. The molecule has 3 heterocycles. The summed E-state index contributed by atoms with van der Waals surface area (Å²) in [6.45, 7) is 3.13. The highest BCUT2D eigenvalue weighted by atomic mass is 19.1. The maximum atomic E-state index is 15.1. The monoisotopic (exact) mass is 549 g/mol. The third kappa shape index (κ3) is 6.46. The molecular weight excluding hydrogens is 521 g/mol. The fourth-order valence-electron chi connectivity index (χ4n) is 4.69. The van der Waals surface area contributed by atoms with Crippen LogP contribution in [0.1, 0.15) is 11.3 Å². The van der Waals surface area contributed by atoms with Crippen LogP contribution in [-0.4, -0.2) is 67.2 Å². The number of nitrogens with zero attached hydrogens (tertiary/aromatic N) is 4. The smallest absolute Gasteiger partial charge is 0.433 e. The minimum absolute atomic E-state index is 0.135. The zero-order valence-corrected chi connectivity index (χ0v) is 21.6. The first kappa shape index (κ1) is 26.9. The zero-order valence-electron chi connectivity index (χ0n) is 21.6. The van der Waals surface area contributed by atoms with Gasteiger partial charge in [-0.05, 0) is 35.9 Å². The number of carbonyl (C=O) groups is 2. The van der Waals surface area contributed by atoms with E-state index in [0.717, 1.165) is 5.56 Å². The van der Waals surface area contributed by atoms with Gasteiger partial charge in [0.2, 0.25) is 5.91 Å². The molecule has 2 amide bonds. The molecule has 0 saturated carbocycles. The Bertz CT molecular complexity index is 1400. The normalized spacial score (nSPS) is 17.8. The Morgan fingerprint density at radius 3 is 2.58 bits per heavy atom. The van der Waals surface area contributed by atoms with Crippen molar-refractivity contribution in [2.24, 2.45) is 0 Å². The fraction of sp³-hybridized carbons (Fsp3) is 0.286. The Morgan fingerprint density at radius 1 is 1.10 bits per heavy atom.